The molecule has 2 aromatic rings. The largest absolute Gasteiger partial charge is 0.507 e. The second-order valence-electron chi connectivity index (χ2n) is 5.06. The number of halogens is 1. The Hall–Kier alpha value is -2.94. The van der Waals surface area contributed by atoms with Crippen LogP contribution in [0, 0.1) is 5.82 Å². The molecule has 0 radical (unpaired) electrons. The number of ether oxygens (including phenoxy) is 1. The lowest BCUT2D eigenvalue weighted by Gasteiger charge is -2.28. The summed E-state index contributed by atoms with van der Waals surface area (Å²) < 4.78 is 19.1. The Labute approximate surface area is 137 Å². The lowest BCUT2D eigenvalue weighted by molar-refractivity contribution is 0.0959. The van der Waals surface area contributed by atoms with E-state index < -0.39 is 11.7 Å². The number of aromatic hydroxyl groups is 1. The molecule has 3 rings (SSSR count). The topological polar surface area (TPSA) is 99.6 Å². The summed E-state index contributed by atoms with van der Waals surface area (Å²) in [7, 11) is 0. The Morgan fingerprint density at radius 3 is 2.79 bits per heavy atom. The van der Waals surface area contributed by atoms with E-state index in [1.54, 1.807) is 17.0 Å². The molecular formula is C15H16FN5O3. The van der Waals surface area contributed by atoms with Gasteiger partial charge in [0.2, 0.25) is 5.95 Å². The highest BCUT2D eigenvalue weighted by Gasteiger charge is 2.18. The molecular weight excluding hydrogens is 317 g/mol. The average molecular weight is 333 g/mol. The van der Waals surface area contributed by atoms with E-state index in [-0.39, 0.29) is 23.1 Å². The molecule has 24 heavy (non-hydrogen) atoms. The van der Waals surface area contributed by atoms with E-state index in [9.17, 15) is 14.3 Å². The van der Waals surface area contributed by atoms with Gasteiger partial charge in [-0.25, -0.2) is 9.37 Å². The summed E-state index contributed by atoms with van der Waals surface area (Å²) >= 11 is 0. The number of carbonyl (C=O) groups excluding carboxylic acids is 1. The molecule has 2 heterocycles. The van der Waals surface area contributed by atoms with E-state index in [4.69, 9.17) is 4.74 Å². The predicted molar refractivity (Wildman–Crippen MR) is 84.2 cm³/mol. The molecule has 1 aliphatic rings. The second-order valence-corrected chi connectivity index (χ2v) is 5.06. The molecule has 0 aliphatic carbocycles. The number of nitrogens with one attached hydrogen (secondary N) is 2. The van der Waals surface area contributed by atoms with Crippen molar-refractivity contribution in [2.45, 2.75) is 0 Å². The van der Waals surface area contributed by atoms with Crippen molar-refractivity contribution < 1.29 is 19.0 Å². The fourth-order valence-electron chi connectivity index (χ4n) is 2.26. The SMILES string of the molecule is O=C(NNc1ncc(F)c(N2CCOCC2)n1)c1ccccc1O. The fraction of sp³-hybridized carbons (Fsp3) is 0.267. The molecule has 0 atom stereocenters. The van der Waals surface area contributed by atoms with Gasteiger partial charge in [0.05, 0.1) is 25.0 Å². The summed E-state index contributed by atoms with van der Waals surface area (Å²) in [6.45, 7) is 2.04. The first kappa shape index (κ1) is 15.9. The molecule has 1 saturated heterocycles. The first-order chi connectivity index (χ1) is 11.6. The first-order valence-corrected chi connectivity index (χ1v) is 7.35. The number of aromatic nitrogens is 2. The van der Waals surface area contributed by atoms with Gasteiger partial charge in [0.1, 0.15) is 5.75 Å². The molecule has 1 aromatic heterocycles. The minimum Gasteiger partial charge on any atom is -0.507 e. The molecule has 0 unspecified atom stereocenters. The van der Waals surface area contributed by atoms with Crippen LogP contribution in [0.15, 0.2) is 30.5 Å². The quantitative estimate of drug-likeness (QED) is 0.715. The molecule has 126 valence electrons. The number of hydrogen-bond donors (Lipinski definition) is 3. The zero-order chi connectivity index (χ0) is 16.9. The number of anilines is 2. The predicted octanol–water partition coefficient (Wildman–Crippen LogP) is 0.915. The highest BCUT2D eigenvalue weighted by atomic mass is 19.1. The monoisotopic (exact) mass is 333 g/mol. The normalized spacial score (nSPS) is 14.3. The summed E-state index contributed by atoms with van der Waals surface area (Å²) in [5, 5.41) is 9.64. The van der Waals surface area contributed by atoms with Crippen LogP contribution >= 0.6 is 0 Å². The standard InChI is InChI=1S/C15H16FN5O3/c16-11-9-17-15(18-13(11)21-5-7-24-8-6-21)20-19-14(23)10-3-1-2-4-12(10)22/h1-4,9,22H,5-8H2,(H,19,23)(H,17,18,20). The van der Waals surface area contributed by atoms with Crippen molar-refractivity contribution in [3.63, 3.8) is 0 Å². The number of carbonyl (C=O) groups is 1. The van der Waals surface area contributed by atoms with Gasteiger partial charge in [-0.3, -0.25) is 15.6 Å². The molecule has 1 fully saturated rings. The molecule has 9 heteroatoms. The summed E-state index contributed by atoms with van der Waals surface area (Å²) in [5.74, 6) is -1.07. The Morgan fingerprint density at radius 2 is 2.04 bits per heavy atom. The third-order valence-electron chi connectivity index (χ3n) is 3.47. The van der Waals surface area contributed by atoms with Crippen LogP contribution in [0.25, 0.3) is 0 Å². The minimum atomic E-state index is -0.561. The Bertz CT molecular complexity index is 737. The number of hydrogen-bond acceptors (Lipinski definition) is 7. The number of para-hydroxylation sites is 1. The number of morpholine rings is 1. The van der Waals surface area contributed by atoms with Gasteiger partial charge in [-0.2, -0.15) is 4.98 Å². The molecule has 1 aliphatic heterocycles. The van der Waals surface area contributed by atoms with Crippen molar-refractivity contribution in [1.82, 2.24) is 15.4 Å². The van der Waals surface area contributed by atoms with Crippen molar-refractivity contribution in [3.8, 4) is 5.75 Å². The lowest BCUT2D eigenvalue weighted by Crippen LogP contribution is -2.38. The lowest BCUT2D eigenvalue weighted by atomic mass is 10.2. The van der Waals surface area contributed by atoms with Gasteiger partial charge in [-0.05, 0) is 12.1 Å². The Balaban J connectivity index is 1.69. The number of benzene rings is 1. The number of rotatable bonds is 4. The highest BCUT2D eigenvalue weighted by Crippen LogP contribution is 2.18. The second kappa shape index (κ2) is 7.09. The zero-order valence-corrected chi connectivity index (χ0v) is 12.7. The van der Waals surface area contributed by atoms with Crippen LogP contribution < -0.4 is 15.8 Å². The van der Waals surface area contributed by atoms with Crippen LogP contribution in [-0.4, -0.2) is 47.3 Å². The number of phenols is 1. The van der Waals surface area contributed by atoms with Crippen molar-refractivity contribution >= 4 is 17.7 Å². The molecule has 1 aromatic carbocycles. The highest BCUT2D eigenvalue weighted by molar-refractivity contribution is 5.97. The zero-order valence-electron chi connectivity index (χ0n) is 12.7. The maximum atomic E-state index is 13.9. The molecule has 8 nitrogen and oxygen atoms in total. The van der Waals surface area contributed by atoms with Crippen LogP contribution in [0.3, 0.4) is 0 Å². The molecule has 0 bridgehead atoms. The van der Waals surface area contributed by atoms with Gasteiger partial charge in [0.15, 0.2) is 11.6 Å². The van der Waals surface area contributed by atoms with E-state index in [1.807, 2.05) is 0 Å². The van der Waals surface area contributed by atoms with Crippen LogP contribution in [0.5, 0.6) is 5.75 Å². The van der Waals surface area contributed by atoms with Crippen molar-refractivity contribution in [2.24, 2.45) is 0 Å². The molecule has 0 spiro atoms. The Morgan fingerprint density at radius 1 is 1.29 bits per heavy atom. The van der Waals surface area contributed by atoms with E-state index in [0.29, 0.717) is 26.3 Å². The Kier molecular flexibility index (Phi) is 4.71. The summed E-state index contributed by atoms with van der Waals surface area (Å²) in [4.78, 5) is 21.6. The van der Waals surface area contributed by atoms with Crippen LogP contribution in [0.4, 0.5) is 16.2 Å². The van der Waals surface area contributed by atoms with Crippen molar-refractivity contribution in [3.05, 3.63) is 41.8 Å². The molecule has 0 saturated carbocycles. The van der Waals surface area contributed by atoms with Crippen molar-refractivity contribution in [2.75, 3.05) is 36.6 Å². The van der Waals surface area contributed by atoms with E-state index >= 15 is 0 Å². The number of hydrazine groups is 1. The van der Waals surface area contributed by atoms with Gasteiger partial charge in [0, 0.05) is 13.1 Å². The maximum Gasteiger partial charge on any atom is 0.273 e. The van der Waals surface area contributed by atoms with Gasteiger partial charge in [-0.1, -0.05) is 12.1 Å². The van der Waals surface area contributed by atoms with Gasteiger partial charge in [-0.15, -0.1) is 0 Å². The van der Waals surface area contributed by atoms with E-state index in [1.165, 1.54) is 12.1 Å². The summed E-state index contributed by atoms with van der Waals surface area (Å²) in [6, 6.07) is 6.10. The van der Waals surface area contributed by atoms with Crippen LogP contribution in [0.2, 0.25) is 0 Å². The van der Waals surface area contributed by atoms with E-state index in [0.717, 1.165) is 6.20 Å². The van der Waals surface area contributed by atoms with Crippen LogP contribution in [0.1, 0.15) is 10.4 Å². The minimum absolute atomic E-state index is 0.0432. The average Bonchev–Trinajstić information content (AvgIpc) is 2.62. The molecule has 1 amide bonds. The smallest absolute Gasteiger partial charge is 0.273 e. The van der Waals surface area contributed by atoms with Gasteiger partial charge >= 0.3 is 0 Å². The first-order valence-electron chi connectivity index (χ1n) is 7.35. The van der Waals surface area contributed by atoms with Gasteiger partial charge < -0.3 is 14.7 Å². The summed E-state index contributed by atoms with van der Waals surface area (Å²) in [6.07, 6.45) is 1.03. The van der Waals surface area contributed by atoms with Crippen molar-refractivity contribution in [1.29, 1.82) is 0 Å². The van der Waals surface area contributed by atoms with E-state index in [2.05, 4.69) is 20.8 Å². The maximum absolute atomic E-state index is 13.9. The summed E-state index contributed by atoms with van der Waals surface area (Å²) in [5.41, 5.74) is 4.98. The fourth-order valence-corrected chi connectivity index (χ4v) is 2.26. The molecule has 3 N–H and O–H groups in total. The number of amides is 1. The van der Waals surface area contributed by atoms with Crippen LogP contribution in [-0.2, 0) is 4.74 Å². The number of nitrogens with zero attached hydrogens (tertiary/aromatic N) is 3. The third-order valence-corrected chi connectivity index (χ3v) is 3.47. The number of phenolic OH excluding ortho intramolecular Hbond substituents is 1. The third kappa shape index (κ3) is 3.51. The van der Waals surface area contributed by atoms with Gasteiger partial charge in [0.25, 0.3) is 5.91 Å².